The van der Waals surface area contributed by atoms with Crippen LogP contribution in [-0.4, -0.2) is 30.4 Å². The second kappa shape index (κ2) is 7.49. The molecule has 3 aromatic heterocycles. The number of nitrogens with zero attached hydrogens (tertiary/aromatic N) is 6. The van der Waals surface area contributed by atoms with Gasteiger partial charge < -0.3 is 10.7 Å². The Labute approximate surface area is 159 Å². The van der Waals surface area contributed by atoms with Gasteiger partial charge in [0.1, 0.15) is 5.69 Å². The molecule has 7 nitrogen and oxygen atoms in total. The Morgan fingerprint density at radius 1 is 0.818 bits per heavy atom. The smallest absolute Gasteiger partial charge is 0.221 e. The summed E-state index contributed by atoms with van der Waals surface area (Å²) in [5.41, 5.74) is 8.38. The first-order valence-corrected chi connectivity index (χ1v) is 6.31. The summed E-state index contributed by atoms with van der Waals surface area (Å²) in [7, 11) is 0. The van der Waals surface area contributed by atoms with E-state index in [0.29, 0.717) is 28.7 Å². The molecule has 0 amide bonds. The van der Waals surface area contributed by atoms with E-state index < -0.39 is 0 Å². The summed E-state index contributed by atoms with van der Waals surface area (Å²) in [5, 5.41) is 16.1. The third-order valence-electron chi connectivity index (χ3n) is 2.84. The van der Waals surface area contributed by atoms with Crippen molar-refractivity contribution in [3.63, 3.8) is 0 Å². The quantitative estimate of drug-likeness (QED) is 0.631. The summed E-state index contributed by atoms with van der Waals surface area (Å²) in [5.74, 6) is 0.717. The fraction of sp³-hybridized carbons (Fsp3) is 0.0714. The maximum Gasteiger partial charge on any atom is 0.221 e. The van der Waals surface area contributed by atoms with Crippen molar-refractivity contribution in [2.24, 2.45) is 0 Å². The predicted octanol–water partition coefficient (Wildman–Crippen LogP) is 1.55. The van der Waals surface area contributed by atoms with Gasteiger partial charge in [0.15, 0.2) is 0 Å². The minimum absolute atomic E-state index is 0. The molecule has 0 unspecified atom stereocenters. The predicted molar refractivity (Wildman–Crippen MR) is 77.6 cm³/mol. The number of nitrogen functional groups attached to an aromatic ring is 1. The van der Waals surface area contributed by atoms with E-state index in [-0.39, 0.29) is 40.4 Å². The van der Waals surface area contributed by atoms with Gasteiger partial charge in [0, 0.05) is 40.4 Å². The van der Waals surface area contributed by atoms with E-state index in [0.717, 1.165) is 5.56 Å². The van der Waals surface area contributed by atoms with Crippen molar-refractivity contribution < 1.29 is 40.4 Å². The maximum atomic E-state index is 5.58. The van der Waals surface area contributed by atoms with Crippen molar-refractivity contribution in [2.45, 2.75) is 6.92 Å². The molecule has 0 aliphatic rings. The van der Waals surface area contributed by atoms with Crippen LogP contribution in [-0.2, 0) is 0 Å². The molecule has 2 N–H and O–H groups in total. The number of aromatic nitrogens is 6. The van der Waals surface area contributed by atoms with Crippen LogP contribution < -0.4 is 5.73 Å². The number of anilines is 1. The molecule has 0 saturated carbocycles. The normalized spacial score (nSPS) is 9.86. The molecule has 0 spiro atoms. The van der Waals surface area contributed by atoms with Crippen molar-refractivity contribution in [3.8, 4) is 23.0 Å². The van der Waals surface area contributed by atoms with Gasteiger partial charge in [-0.05, 0) is 12.1 Å². The van der Waals surface area contributed by atoms with Crippen LogP contribution in [0.2, 0.25) is 0 Å². The van der Waals surface area contributed by atoms with Crippen LogP contribution in [0.25, 0.3) is 23.0 Å². The minimum Gasteiger partial charge on any atom is -0.397 e. The minimum atomic E-state index is 0. The molecule has 0 saturated heterocycles. The molecule has 3 rings (SSSR count). The van der Waals surface area contributed by atoms with E-state index in [1.165, 1.54) is 6.20 Å². The molecular weight excluding hydrogens is 417 g/mol. The fourth-order valence-electron chi connectivity index (χ4n) is 1.68. The van der Waals surface area contributed by atoms with E-state index in [1.807, 2.05) is 25.5 Å². The van der Waals surface area contributed by atoms with Gasteiger partial charge in [-0.3, -0.25) is 4.98 Å². The van der Waals surface area contributed by atoms with Crippen LogP contribution in [0.5, 0.6) is 0 Å². The number of pyridine rings is 2. The Hall–Kier alpha value is -1.75. The molecule has 0 fully saturated rings. The van der Waals surface area contributed by atoms with Crippen LogP contribution >= 0.6 is 0 Å². The first-order valence-electron chi connectivity index (χ1n) is 6.31. The summed E-state index contributed by atoms with van der Waals surface area (Å²) in [4.78, 5) is 8.39. The standard InChI is InChI=1S/C14H12N7.Sm/c1-2-9-3-5-11(16-7-9)13-18-20-14(21-19-13)12-6-4-10(15)8-17-12;/h2-8H,15H2,1H3;/q-1;. The Bertz CT molecular complexity index is 727. The van der Waals surface area contributed by atoms with Gasteiger partial charge in [-0.1, -0.05) is 19.2 Å². The van der Waals surface area contributed by atoms with E-state index in [9.17, 15) is 0 Å². The molecule has 3 aromatic rings. The zero-order chi connectivity index (χ0) is 14.7. The summed E-state index contributed by atoms with van der Waals surface area (Å²) >= 11 is 0. The van der Waals surface area contributed by atoms with E-state index in [1.54, 1.807) is 18.3 Å². The van der Waals surface area contributed by atoms with Gasteiger partial charge in [0.05, 0.1) is 17.6 Å². The van der Waals surface area contributed by atoms with Crippen LogP contribution in [0.15, 0.2) is 36.7 Å². The van der Waals surface area contributed by atoms with Crippen molar-refractivity contribution in [1.29, 1.82) is 0 Å². The zero-order valence-electron chi connectivity index (χ0n) is 11.7. The van der Waals surface area contributed by atoms with Gasteiger partial charge in [-0.2, -0.15) is 18.1 Å². The number of hydrogen-bond acceptors (Lipinski definition) is 7. The maximum absolute atomic E-state index is 5.58. The SMILES string of the molecule is C[CH-]c1ccc(-c2nnc(-c3ccc(N)cn3)nn2)nc1.[Sm]. The van der Waals surface area contributed by atoms with Gasteiger partial charge in [-0.25, -0.2) is 0 Å². The average molecular weight is 429 g/mol. The topological polar surface area (TPSA) is 103 Å². The average Bonchev–Trinajstić information content (AvgIpc) is 2.56. The van der Waals surface area contributed by atoms with Gasteiger partial charge in [0.25, 0.3) is 0 Å². The van der Waals surface area contributed by atoms with Gasteiger partial charge >= 0.3 is 0 Å². The summed E-state index contributed by atoms with van der Waals surface area (Å²) in [6.07, 6.45) is 5.24. The largest absolute Gasteiger partial charge is 0.397 e. The Morgan fingerprint density at radius 3 is 1.77 bits per heavy atom. The van der Waals surface area contributed by atoms with E-state index >= 15 is 0 Å². The van der Waals surface area contributed by atoms with Crippen LogP contribution in [0.1, 0.15) is 12.5 Å². The molecule has 0 radical (unpaired) electrons. The Kier molecular flexibility index (Phi) is 5.66. The van der Waals surface area contributed by atoms with Crippen molar-refractivity contribution >= 4 is 5.69 Å². The Balaban J connectivity index is 0.00000176. The second-order valence-corrected chi connectivity index (χ2v) is 4.29. The number of nitrogens with two attached hydrogens (primary N) is 1. The molecule has 110 valence electrons. The monoisotopic (exact) mass is 430 g/mol. The number of hydrogen-bond donors (Lipinski definition) is 1. The van der Waals surface area contributed by atoms with Crippen molar-refractivity contribution in [2.75, 3.05) is 5.73 Å². The molecule has 3 heterocycles. The van der Waals surface area contributed by atoms with Gasteiger partial charge in [-0.15, -0.1) is 20.4 Å². The van der Waals surface area contributed by atoms with E-state index in [4.69, 9.17) is 5.73 Å². The van der Waals surface area contributed by atoms with E-state index in [2.05, 4.69) is 30.4 Å². The van der Waals surface area contributed by atoms with Crippen molar-refractivity contribution in [3.05, 3.63) is 48.6 Å². The van der Waals surface area contributed by atoms with Gasteiger partial charge in [0.2, 0.25) is 11.6 Å². The second-order valence-electron chi connectivity index (χ2n) is 4.29. The molecule has 0 aromatic carbocycles. The van der Waals surface area contributed by atoms with Crippen LogP contribution in [0.3, 0.4) is 0 Å². The molecule has 0 aliphatic heterocycles. The number of rotatable bonds is 3. The molecule has 0 atom stereocenters. The molecular formula is C14H12N7Sm-. The van der Waals surface area contributed by atoms with Crippen LogP contribution in [0.4, 0.5) is 5.69 Å². The summed E-state index contributed by atoms with van der Waals surface area (Å²) in [6.45, 7) is 1.95. The fourth-order valence-corrected chi connectivity index (χ4v) is 1.68. The Morgan fingerprint density at radius 2 is 1.36 bits per heavy atom. The third-order valence-corrected chi connectivity index (χ3v) is 2.84. The third kappa shape index (κ3) is 3.71. The molecule has 22 heavy (non-hydrogen) atoms. The summed E-state index contributed by atoms with van der Waals surface area (Å²) in [6, 6.07) is 7.20. The zero-order valence-corrected chi connectivity index (χ0v) is 14.3. The molecule has 8 heteroatoms. The van der Waals surface area contributed by atoms with Crippen LogP contribution in [0, 0.1) is 46.8 Å². The first kappa shape index (κ1) is 16.6. The van der Waals surface area contributed by atoms with Crippen molar-refractivity contribution in [1.82, 2.24) is 30.4 Å². The summed E-state index contributed by atoms with van der Waals surface area (Å²) < 4.78 is 0. The molecule has 0 bridgehead atoms. The molecule has 0 aliphatic carbocycles. The first-order chi connectivity index (χ1) is 10.3.